The molecule has 0 fully saturated rings. The Labute approximate surface area is 126 Å². The minimum absolute atomic E-state index is 0.0675. The number of carboxylic acids is 1. The number of hydrogen-bond acceptors (Lipinski definition) is 3. The fraction of sp³-hybridized carbons (Fsp3) is 0.529. The van der Waals surface area contributed by atoms with Crippen LogP contribution in [0.3, 0.4) is 0 Å². The number of rotatable bonds is 6. The van der Waals surface area contributed by atoms with Crippen molar-refractivity contribution in [1.29, 1.82) is 0 Å². The summed E-state index contributed by atoms with van der Waals surface area (Å²) in [4.78, 5) is 24.4. The van der Waals surface area contributed by atoms with Gasteiger partial charge in [0, 0.05) is 0 Å². The molecular formula is C17H24O4. The van der Waals surface area contributed by atoms with Gasteiger partial charge in [-0.25, -0.2) is 0 Å². The maximum atomic E-state index is 12.4. The molecule has 0 saturated heterocycles. The first-order valence-corrected chi connectivity index (χ1v) is 7.20. The number of carbonyl (C=O) groups is 2. The van der Waals surface area contributed by atoms with Gasteiger partial charge in [0.05, 0.1) is 6.61 Å². The molecule has 4 nitrogen and oxygen atoms in total. The number of carbonyl (C=O) groups excluding carboxylic acids is 1. The van der Waals surface area contributed by atoms with Gasteiger partial charge in [-0.2, -0.15) is 0 Å². The molecule has 1 atom stereocenters. The van der Waals surface area contributed by atoms with Crippen molar-refractivity contribution in [2.24, 2.45) is 5.41 Å². The fourth-order valence-corrected chi connectivity index (χ4v) is 2.22. The molecule has 0 amide bonds. The second-order valence-electron chi connectivity index (χ2n) is 6.36. The number of hydrogen-bond donors (Lipinski definition) is 1. The van der Waals surface area contributed by atoms with Crippen LogP contribution in [0.2, 0.25) is 0 Å². The van der Waals surface area contributed by atoms with Crippen molar-refractivity contribution in [3.8, 4) is 0 Å². The molecule has 0 aliphatic carbocycles. The van der Waals surface area contributed by atoms with Crippen LogP contribution in [0.4, 0.5) is 0 Å². The summed E-state index contributed by atoms with van der Waals surface area (Å²) in [5.74, 6) is -1.84. The second kappa shape index (κ2) is 6.74. The molecule has 116 valence electrons. The lowest BCUT2D eigenvalue weighted by Gasteiger charge is -2.30. The van der Waals surface area contributed by atoms with Gasteiger partial charge >= 0.3 is 11.9 Å². The van der Waals surface area contributed by atoms with Crippen LogP contribution in [0.25, 0.3) is 0 Å². The summed E-state index contributed by atoms with van der Waals surface area (Å²) in [5, 5.41) is 9.77. The van der Waals surface area contributed by atoms with Crippen molar-refractivity contribution in [3.63, 3.8) is 0 Å². The van der Waals surface area contributed by atoms with Crippen molar-refractivity contribution in [3.05, 3.63) is 35.9 Å². The monoisotopic (exact) mass is 292 g/mol. The average molecular weight is 292 g/mol. The number of benzene rings is 1. The molecule has 4 heteroatoms. The highest BCUT2D eigenvalue weighted by Crippen LogP contribution is 2.36. The van der Waals surface area contributed by atoms with Gasteiger partial charge in [0.2, 0.25) is 0 Å². The Morgan fingerprint density at radius 2 is 1.67 bits per heavy atom. The standard InChI is InChI=1S/C17H24O4/c1-5-21-15(20)17(14(18)19,12-11-16(2,3)4)13-9-7-6-8-10-13/h6-10H,5,11-12H2,1-4H3,(H,18,19). The minimum atomic E-state index is -1.63. The zero-order chi connectivity index (χ0) is 16.1. The van der Waals surface area contributed by atoms with Crippen LogP contribution in [-0.2, 0) is 19.7 Å². The number of ether oxygens (including phenoxy) is 1. The first-order chi connectivity index (χ1) is 9.74. The van der Waals surface area contributed by atoms with Crippen LogP contribution >= 0.6 is 0 Å². The first kappa shape index (κ1) is 17.2. The van der Waals surface area contributed by atoms with E-state index in [1.54, 1.807) is 37.3 Å². The van der Waals surface area contributed by atoms with Crippen molar-refractivity contribution in [2.45, 2.75) is 46.0 Å². The molecule has 21 heavy (non-hydrogen) atoms. The molecule has 0 aromatic heterocycles. The van der Waals surface area contributed by atoms with E-state index in [1.165, 1.54) is 0 Å². The smallest absolute Gasteiger partial charge is 0.328 e. The van der Waals surface area contributed by atoms with E-state index >= 15 is 0 Å². The first-order valence-electron chi connectivity index (χ1n) is 7.20. The average Bonchev–Trinajstić information content (AvgIpc) is 2.39. The Morgan fingerprint density at radius 3 is 2.10 bits per heavy atom. The topological polar surface area (TPSA) is 63.6 Å². The molecule has 0 spiro atoms. The molecule has 0 bridgehead atoms. The number of carboxylic acid groups (broad SMARTS) is 1. The Kier molecular flexibility index (Phi) is 5.53. The summed E-state index contributed by atoms with van der Waals surface area (Å²) >= 11 is 0. The Hall–Kier alpha value is -1.84. The summed E-state index contributed by atoms with van der Waals surface area (Å²) in [6.45, 7) is 7.91. The van der Waals surface area contributed by atoms with Crippen molar-refractivity contribution in [1.82, 2.24) is 0 Å². The van der Waals surface area contributed by atoms with Crippen LogP contribution in [0.15, 0.2) is 30.3 Å². The third kappa shape index (κ3) is 4.06. The van der Waals surface area contributed by atoms with Gasteiger partial charge in [-0.05, 0) is 30.7 Å². The Morgan fingerprint density at radius 1 is 1.10 bits per heavy atom. The molecule has 0 aliphatic rings. The van der Waals surface area contributed by atoms with E-state index in [0.29, 0.717) is 12.0 Å². The molecule has 1 N–H and O–H groups in total. The van der Waals surface area contributed by atoms with Gasteiger partial charge < -0.3 is 9.84 Å². The molecule has 1 aromatic carbocycles. The quantitative estimate of drug-likeness (QED) is 0.644. The molecule has 0 heterocycles. The number of esters is 1. The van der Waals surface area contributed by atoms with Crippen LogP contribution < -0.4 is 0 Å². The molecule has 0 saturated carbocycles. The molecule has 1 aromatic rings. The molecular weight excluding hydrogens is 268 g/mol. The van der Waals surface area contributed by atoms with E-state index in [2.05, 4.69) is 0 Å². The van der Waals surface area contributed by atoms with E-state index in [1.807, 2.05) is 20.8 Å². The summed E-state index contributed by atoms with van der Waals surface area (Å²) in [7, 11) is 0. The normalized spacial score (nSPS) is 14.3. The van der Waals surface area contributed by atoms with Gasteiger partial charge in [0.15, 0.2) is 5.41 Å². The number of aliphatic carboxylic acids is 1. The maximum absolute atomic E-state index is 12.4. The highest BCUT2D eigenvalue weighted by atomic mass is 16.5. The zero-order valence-electron chi connectivity index (χ0n) is 13.2. The van der Waals surface area contributed by atoms with Gasteiger partial charge in [-0.3, -0.25) is 9.59 Å². The van der Waals surface area contributed by atoms with Crippen LogP contribution in [0, 0.1) is 5.41 Å². The maximum Gasteiger partial charge on any atom is 0.328 e. The second-order valence-corrected chi connectivity index (χ2v) is 6.36. The molecule has 1 rings (SSSR count). The predicted octanol–water partition coefficient (Wildman–Crippen LogP) is 3.40. The highest BCUT2D eigenvalue weighted by Gasteiger charge is 2.49. The van der Waals surface area contributed by atoms with Gasteiger partial charge in [0.1, 0.15) is 0 Å². The van der Waals surface area contributed by atoms with Crippen LogP contribution in [0.5, 0.6) is 0 Å². The van der Waals surface area contributed by atoms with Gasteiger partial charge in [0.25, 0.3) is 0 Å². The highest BCUT2D eigenvalue weighted by molar-refractivity contribution is 6.05. The lowest BCUT2D eigenvalue weighted by Crippen LogP contribution is -2.45. The van der Waals surface area contributed by atoms with Crippen LogP contribution in [-0.4, -0.2) is 23.7 Å². The third-order valence-corrected chi connectivity index (χ3v) is 3.51. The van der Waals surface area contributed by atoms with E-state index in [0.717, 1.165) is 0 Å². The van der Waals surface area contributed by atoms with E-state index in [4.69, 9.17) is 4.74 Å². The lowest BCUT2D eigenvalue weighted by molar-refractivity contribution is -0.162. The largest absolute Gasteiger partial charge is 0.480 e. The van der Waals surface area contributed by atoms with E-state index < -0.39 is 17.4 Å². The fourth-order valence-electron chi connectivity index (χ4n) is 2.22. The predicted molar refractivity (Wildman–Crippen MR) is 81.1 cm³/mol. The Bertz CT molecular complexity index is 487. The Balaban J connectivity index is 3.30. The van der Waals surface area contributed by atoms with Gasteiger partial charge in [-0.1, -0.05) is 51.1 Å². The van der Waals surface area contributed by atoms with Crippen LogP contribution in [0.1, 0.15) is 46.1 Å². The zero-order valence-corrected chi connectivity index (χ0v) is 13.2. The van der Waals surface area contributed by atoms with Gasteiger partial charge in [-0.15, -0.1) is 0 Å². The van der Waals surface area contributed by atoms with Crippen molar-refractivity contribution < 1.29 is 19.4 Å². The van der Waals surface area contributed by atoms with Crippen molar-refractivity contribution in [2.75, 3.05) is 6.61 Å². The molecule has 1 unspecified atom stereocenters. The van der Waals surface area contributed by atoms with E-state index in [-0.39, 0.29) is 18.4 Å². The van der Waals surface area contributed by atoms with E-state index in [9.17, 15) is 14.7 Å². The minimum Gasteiger partial charge on any atom is -0.480 e. The van der Waals surface area contributed by atoms with Crippen molar-refractivity contribution >= 4 is 11.9 Å². The summed E-state index contributed by atoms with van der Waals surface area (Å²) in [6, 6.07) is 8.62. The summed E-state index contributed by atoms with van der Waals surface area (Å²) in [5.41, 5.74) is -1.23. The third-order valence-electron chi connectivity index (χ3n) is 3.51. The molecule has 0 aliphatic heterocycles. The lowest BCUT2D eigenvalue weighted by atomic mass is 9.73. The molecule has 0 radical (unpaired) electrons. The summed E-state index contributed by atoms with van der Waals surface area (Å²) < 4.78 is 5.07. The SMILES string of the molecule is CCOC(=O)C(CCC(C)(C)C)(C(=O)O)c1ccccc1. The summed E-state index contributed by atoms with van der Waals surface area (Å²) in [6.07, 6.45) is 0.821.